The van der Waals surface area contributed by atoms with Gasteiger partial charge < -0.3 is 20.1 Å². The molecular formula is C28H33N3O4. The number of carbonyl (C=O) groups is 2. The molecule has 1 fully saturated rings. The summed E-state index contributed by atoms with van der Waals surface area (Å²) in [6.07, 6.45) is 3.11. The van der Waals surface area contributed by atoms with Gasteiger partial charge in [-0.1, -0.05) is 38.1 Å². The van der Waals surface area contributed by atoms with Crippen LogP contribution in [0.3, 0.4) is 0 Å². The fourth-order valence-corrected chi connectivity index (χ4v) is 5.40. The number of amides is 2. The molecule has 1 saturated heterocycles. The summed E-state index contributed by atoms with van der Waals surface area (Å²) in [6, 6.07) is 14.6. The monoisotopic (exact) mass is 475 g/mol. The lowest BCUT2D eigenvalue weighted by Gasteiger charge is -2.37. The van der Waals surface area contributed by atoms with Crippen LogP contribution in [0.15, 0.2) is 59.8 Å². The predicted molar refractivity (Wildman–Crippen MR) is 136 cm³/mol. The Bertz CT molecular complexity index is 1150. The summed E-state index contributed by atoms with van der Waals surface area (Å²) in [4.78, 5) is 29.3. The van der Waals surface area contributed by atoms with E-state index in [0.717, 1.165) is 54.3 Å². The molecule has 7 heteroatoms. The molecule has 0 saturated carbocycles. The van der Waals surface area contributed by atoms with E-state index in [1.165, 1.54) is 0 Å². The fraction of sp³-hybridized carbons (Fsp3) is 0.429. The van der Waals surface area contributed by atoms with Crippen molar-refractivity contribution in [3.8, 4) is 5.75 Å². The number of methoxy groups -OCH3 is 1. The van der Waals surface area contributed by atoms with Gasteiger partial charge in [0.25, 0.3) is 0 Å². The molecule has 0 spiro atoms. The zero-order valence-electron chi connectivity index (χ0n) is 20.6. The second-order valence-corrected chi connectivity index (χ2v) is 10.3. The van der Waals surface area contributed by atoms with E-state index in [-0.39, 0.29) is 23.3 Å². The molecule has 2 atom stereocenters. The number of nitrogens with zero attached hydrogens (tertiary/aromatic N) is 1. The Morgan fingerprint density at radius 2 is 1.94 bits per heavy atom. The Morgan fingerprint density at radius 3 is 2.66 bits per heavy atom. The van der Waals surface area contributed by atoms with Crippen LogP contribution >= 0.6 is 0 Å². The molecule has 3 aliphatic rings. The minimum absolute atomic E-state index is 0.0191. The largest absolute Gasteiger partial charge is 0.497 e. The summed E-state index contributed by atoms with van der Waals surface area (Å²) < 4.78 is 11.1. The quantitative estimate of drug-likeness (QED) is 0.635. The molecule has 1 aliphatic carbocycles. The summed E-state index contributed by atoms with van der Waals surface area (Å²) in [6.45, 7) is 5.39. The number of hydrogen-bond acceptors (Lipinski definition) is 5. The van der Waals surface area contributed by atoms with Gasteiger partial charge in [0.2, 0.25) is 0 Å². The number of nitrogens with one attached hydrogen (secondary N) is 2. The zero-order valence-corrected chi connectivity index (χ0v) is 20.6. The first-order valence-electron chi connectivity index (χ1n) is 12.3. The van der Waals surface area contributed by atoms with Crippen molar-refractivity contribution in [2.45, 2.75) is 51.7 Å². The van der Waals surface area contributed by atoms with Crippen molar-refractivity contribution in [2.75, 3.05) is 30.5 Å². The van der Waals surface area contributed by atoms with E-state index in [0.29, 0.717) is 18.5 Å². The normalized spacial score (nSPS) is 23.2. The van der Waals surface area contributed by atoms with Crippen molar-refractivity contribution in [2.24, 2.45) is 5.41 Å². The van der Waals surface area contributed by atoms with E-state index in [1.807, 2.05) is 48.5 Å². The topological polar surface area (TPSA) is 79.9 Å². The third-order valence-electron chi connectivity index (χ3n) is 7.06. The van der Waals surface area contributed by atoms with E-state index in [2.05, 4.69) is 24.5 Å². The van der Waals surface area contributed by atoms with Gasteiger partial charge in [0.05, 0.1) is 30.6 Å². The fourth-order valence-electron chi connectivity index (χ4n) is 5.40. The van der Waals surface area contributed by atoms with Gasteiger partial charge in [-0.15, -0.1) is 0 Å². The minimum Gasteiger partial charge on any atom is -0.497 e. The molecule has 2 heterocycles. The molecule has 2 aromatic carbocycles. The van der Waals surface area contributed by atoms with Crippen LogP contribution < -0.4 is 20.3 Å². The Hall–Kier alpha value is -3.32. The summed E-state index contributed by atoms with van der Waals surface area (Å²) in [5.41, 5.74) is 3.77. The molecule has 0 bridgehead atoms. The van der Waals surface area contributed by atoms with E-state index in [9.17, 15) is 9.59 Å². The molecule has 7 nitrogen and oxygen atoms in total. The van der Waals surface area contributed by atoms with Gasteiger partial charge in [0, 0.05) is 30.8 Å². The molecular weight excluding hydrogens is 442 g/mol. The molecule has 184 valence electrons. The molecule has 2 amide bonds. The van der Waals surface area contributed by atoms with Crippen molar-refractivity contribution in [1.82, 2.24) is 5.32 Å². The van der Waals surface area contributed by atoms with Gasteiger partial charge in [0.15, 0.2) is 5.78 Å². The van der Waals surface area contributed by atoms with Crippen LogP contribution in [0.5, 0.6) is 5.75 Å². The van der Waals surface area contributed by atoms with Gasteiger partial charge in [-0.25, -0.2) is 4.79 Å². The van der Waals surface area contributed by atoms with Gasteiger partial charge in [-0.3, -0.25) is 9.69 Å². The number of rotatable bonds is 4. The van der Waals surface area contributed by atoms with E-state index >= 15 is 0 Å². The first kappa shape index (κ1) is 23.4. The van der Waals surface area contributed by atoms with E-state index in [1.54, 1.807) is 12.0 Å². The van der Waals surface area contributed by atoms with Gasteiger partial charge in [0.1, 0.15) is 5.75 Å². The maximum absolute atomic E-state index is 13.9. The highest BCUT2D eigenvalue weighted by molar-refractivity contribution is 6.06. The Kier molecular flexibility index (Phi) is 6.28. The standard InChI is InChI=1S/C28H33N3O4/c1-28(2)15-22-25(24(32)16-28)26(18-10-12-19(34-3)13-11-18)31(23-9-5-4-8-21(23)30-22)27(33)29-17-20-7-6-14-35-20/h4-5,8-13,20,26,30H,6-7,14-17H2,1-3H3,(H,29,33)/t20-,26+/m0/s1. The van der Waals surface area contributed by atoms with Crippen LogP contribution in [0.25, 0.3) is 0 Å². The second-order valence-electron chi connectivity index (χ2n) is 10.3. The summed E-state index contributed by atoms with van der Waals surface area (Å²) in [5.74, 6) is 0.787. The van der Waals surface area contributed by atoms with Crippen molar-refractivity contribution < 1.29 is 19.1 Å². The Morgan fingerprint density at radius 1 is 1.17 bits per heavy atom. The lowest BCUT2D eigenvalue weighted by atomic mass is 9.73. The first-order valence-corrected chi connectivity index (χ1v) is 12.3. The van der Waals surface area contributed by atoms with Crippen LogP contribution in [-0.2, 0) is 9.53 Å². The number of ketones is 1. The molecule has 0 radical (unpaired) electrons. The van der Waals surface area contributed by atoms with Crippen LogP contribution in [-0.4, -0.2) is 38.2 Å². The average Bonchev–Trinajstić information content (AvgIpc) is 3.31. The molecule has 2 aliphatic heterocycles. The van der Waals surface area contributed by atoms with Crippen molar-refractivity contribution in [1.29, 1.82) is 0 Å². The highest BCUT2D eigenvalue weighted by atomic mass is 16.5. The van der Waals surface area contributed by atoms with Gasteiger partial charge in [-0.2, -0.15) is 0 Å². The summed E-state index contributed by atoms with van der Waals surface area (Å²) in [7, 11) is 1.62. The number of Topliss-reactive ketones (excluding diaryl/α,β-unsaturated/α-hetero) is 1. The smallest absolute Gasteiger partial charge is 0.322 e. The lowest BCUT2D eigenvalue weighted by Crippen LogP contribution is -2.46. The van der Waals surface area contributed by atoms with Crippen LogP contribution in [0.2, 0.25) is 0 Å². The average molecular weight is 476 g/mol. The van der Waals surface area contributed by atoms with Crippen molar-refractivity contribution in [3.63, 3.8) is 0 Å². The third-order valence-corrected chi connectivity index (χ3v) is 7.06. The number of ether oxygens (including phenoxy) is 2. The van der Waals surface area contributed by atoms with Crippen LogP contribution in [0, 0.1) is 5.41 Å². The highest BCUT2D eigenvalue weighted by Gasteiger charge is 2.43. The van der Waals surface area contributed by atoms with Gasteiger partial charge in [-0.05, 0) is 54.5 Å². The number of carbonyl (C=O) groups excluding carboxylic acids is 2. The zero-order chi connectivity index (χ0) is 24.6. The maximum atomic E-state index is 13.9. The number of fused-ring (bicyclic) bond motifs is 1. The van der Waals surface area contributed by atoms with Crippen molar-refractivity contribution >= 4 is 23.2 Å². The first-order chi connectivity index (χ1) is 16.9. The highest BCUT2D eigenvalue weighted by Crippen LogP contribution is 2.48. The SMILES string of the molecule is COc1ccc([C@@H]2C3=C(CC(C)(C)CC3=O)Nc3ccccc3N2C(=O)NC[C@@H]2CCCO2)cc1. The number of allylic oxidation sites excluding steroid dienone is 1. The summed E-state index contributed by atoms with van der Waals surface area (Å²) in [5, 5.41) is 6.63. The maximum Gasteiger partial charge on any atom is 0.322 e. The second kappa shape index (κ2) is 9.38. The predicted octanol–water partition coefficient (Wildman–Crippen LogP) is 5.20. The van der Waals surface area contributed by atoms with E-state index in [4.69, 9.17) is 9.47 Å². The lowest BCUT2D eigenvalue weighted by molar-refractivity contribution is -0.118. The van der Waals surface area contributed by atoms with Crippen LogP contribution in [0.4, 0.5) is 16.2 Å². The summed E-state index contributed by atoms with van der Waals surface area (Å²) >= 11 is 0. The Balaban J connectivity index is 1.64. The van der Waals surface area contributed by atoms with Gasteiger partial charge >= 0.3 is 6.03 Å². The molecule has 0 aromatic heterocycles. The van der Waals surface area contributed by atoms with Crippen LogP contribution in [0.1, 0.15) is 51.1 Å². The molecule has 5 rings (SSSR count). The minimum atomic E-state index is -0.569. The molecule has 35 heavy (non-hydrogen) atoms. The molecule has 2 aromatic rings. The molecule has 2 N–H and O–H groups in total. The number of para-hydroxylation sites is 2. The third kappa shape index (κ3) is 4.65. The molecule has 0 unspecified atom stereocenters. The van der Waals surface area contributed by atoms with Crippen molar-refractivity contribution in [3.05, 3.63) is 65.4 Å². The number of hydrogen-bond donors (Lipinski definition) is 2. The number of benzene rings is 2. The number of anilines is 2. The number of urea groups is 1. The Labute approximate surface area is 206 Å². The van der Waals surface area contributed by atoms with E-state index < -0.39 is 6.04 Å².